The van der Waals surface area contributed by atoms with Gasteiger partial charge in [-0.05, 0) is 25.8 Å². The van der Waals surface area contributed by atoms with E-state index in [1.54, 1.807) is 6.92 Å². The van der Waals surface area contributed by atoms with Gasteiger partial charge in [0.25, 0.3) is 0 Å². The normalized spacial score (nSPS) is 19.0. The molecule has 1 aliphatic rings. The molecule has 0 spiro atoms. The standard InChI is InChI=1S/C18H26N2O3S/c1-3-23-17(21)13-24-14(2)18(22)19-16-9-10-20(12-16)11-15-7-5-4-6-8-15/h4-8,14,16H,3,9-13H2,1-2H3,(H,19,22). The maximum absolute atomic E-state index is 12.2. The number of ether oxygens (including phenoxy) is 1. The first-order valence-electron chi connectivity index (χ1n) is 8.42. The molecule has 2 unspecified atom stereocenters. The molecule has 0 saturated carbocycles. The minimum atomic E-state index is -0.267. The second-order valence-electron chi connectivity index (χ2n) is 5.97. The van der Waals surface area contributed by atoms with Crippen LogP contribution in [0, 0.1) is 0 Å². The van der Waals surface area contributed by atoms with Gasteiger partial charge in [-0.1, -0.05) is 30.3 Å². The van der Waals surface area contributed by atoms with Gasteiger partial charge in [-0.15, -0.1) is 11.8 Å². The third-order valence-corrected chi connectivity index (χ3v) is 5.11. The van der Waals surface area contributed by atoms with Crippen molar-refractivity contribution in [2.24, 2.45) is 0 Å². The van der Waals surface area contributed by atoms with Crippen LogP contribution in [0.15, 0.2) is 30.3 Å². The quantitative estimate of drug-likeness (QED) is 0.727. The Balaban J connectivity index is 1.70. The fourth-order valence-electron chi connectivity index (χ4n) is 2.73. The Hall–Kier alpha value is -1.53. The molecule has 0 aliphatic carbocycles. The summed E-state index contributed by atoms with van der Waals surface area (Å²) in [7, 11) is 0. The average molecular weight is 350 g/mol. The molecule has 1 N–H and O–H groups in total. The van der Waals surface area contributed by atoms with Gasteiger partial charge in [0.15, 0.2) is 0 Å². The van der Waals surface area contributed by atoms with Crippen LogP contribution in [0.2, 0.25) is 0 Å². The zero-order valence-corrected chi connectivity index (χ0v) is 15.2. The van der Waals surface area contributed by atoms with Gasteiger partial charge < -0.3 is 10.1 Å². The number of hydrogen-bond donors (Lipinski definition) is 1. The molecule has 132 valence electrons. The zero-order chi connectivity index (χ0) is 17.4. The number of amides is 1. The monoisotopic (exact) mass is 350 g/mol. The predicted molar refractivity (Wildman–Crippen MR) is 96.8 cm³/mol. The summed E-state index contributed by atoms with van der Waals surface area (Å²) in [5, 5.41) is 2.84. The molecule has 1 aliphatic heterocycles. The molecule has 1 amide bonds. The topological polar surface area (TPSA) is 58.6 Å². The Morgan fingerprint density at radius 3 is 2.83 bits per heavy atom. The highest BCUT2D eigenvalue weighted by Gasteiger charge is 2.25. The van der Waals surface area contributed by atoms with Crippen molar-refractivity contribution in [1.82, 2.24) is 10.2 Å². The summed E-state index contributed by atoms with van der Waals surface area (Å²) < 4.78 is 4.88. The molecule has 0 aromatic heterocycles. The van der Waals surface area contributed by atoms with Gasteiger partial charge >= 0.3 is 5.97 Å². The second kappa shape index (κ2) is 9.69. The van der Waals surface area contributed by atoms with Crippen molar-refractivity contribution in [2.75, 3.05) is 25.4 Å². The van der Waals surface area contributed by atoms with Crippen molar-refractivity contribution < 1.29 is 14.3 Å². The molecule has 1 aromatic carbocycles. The van der Waals surface area contributed by atoms with Crippen molar-refractivity contribution in [3.63, 3.8) is 0 Å². The van der Waals surface area contributed by atoms with Gasteiger partial charge in [0.1, 0.15) is 0 Å². The highest BCUT2D eigenvalue weighted by atomic mass is 32.2. The maximum Gasteiger partial charge on any atom is 0.315 e. The van der Waals surface area contributed by atoms with Gasteiger partial charge in [-0.25, -0.2) is 0 Å². The minimum Gasteiger partial charge on any atom is -0.465 e. The molecular weight excluding hydrogens is 324 g/mol. The molecule has 0 bridgehead atoms. The molecule has 1 saturated heterocycles. The van der Waals surface area contributed by atoms with Gasteiger partial charge in [0, 0.05) is 25.7 Å². The van der Waals surface area contributed by atoms with E-state index in [0.717, 1.165) is 26.1 Å². The Bertz CT molecular complexity index is 538. The number of nitrogens with zero attached hydrogens (tertiary/aromatic N) is 1. The first kappa shape index (κ1) is 18.8. The third kappa shape index (κ3) is 6.17. The molecule has 2 rings (SSSR count). The fourth-order valence-corrected chi connectivity index (χ4v) is 3.41. The number of benzene rings is 1. The molecular formula is C18H26N2O3S. The molecule has 1 heterocycles. The van der Waals surface area contributed by atoms with Crippen molar-refractivity contribution >= 4 is 23.6 Å². The van der Waals surface area contributed by atoms with E-state index in [9.17, 15) is 9.59 Å². The number of carbonyl (C=O) groups excluding carboxylic acids is 2. The third-order valence-electron chi connectivity index (χ3n) is 3.99. The Morgan fingerprint density at radius 1 is 1.38 bits per heavy atom. The van der Waals surface area contributed by atoms with E-state index in [0.29, 0.717) is 6.61 Å². The van der Waals surface area contributed by atoms with E-state index in [4.69, 9.17) is 4.74 Å². The lowest BCUT2D eigenvalue weighted by Crippen LogP contribution is -2.41. The first-order valence-corrected chi connectivity index (χ1v) is 9.47. The van der Waals surface area contributed by atoms with Crippen LogP contribution in [0.3, 0.4) is 0 Å². The molecule has 2 atom stereocenters. The number of likely N-dealkylation sites (tertiary alicyclic amines) is 1. The summed E-state index contributed by atoms with van der Waals surface area (Å²) in [6, 6.07) is 10.6. The number of esters is 1. The summed E-state index contributed by atoms with van der Waals surface area (Å²) in [5.41, 5.74) is 1.29. The predicted octanol–water partition coefficient (Wildman–Crippen LogP) is 2.06. The SMILES string of the molecule is CCOC(=O)CSC(C)C(=O)NC1CCN(Cc2ccccc2)C1. The van der Waals surface area contributed by atoms with Crippen LogP contribution >= 0.6 is 11.8 Å². The lowest BCUT2D eigenvalue weighted by molar-refractivity contribution is -0.139. The number of hydrogen-bond acceptors (Lipinski definition) is 5. The smallest absolute Gasteiger partial charge is 0.315 e. The zero-order valence-electron chi connectivity index (χ0n) is 14.4. The lowest BCUT2D eigenvalue weighted by Gasteiger charge is -2.18. The van der Waals surface area contributed by atoms with Gasteiger partial charge in [0.05, 0.1) is 17.6 Å². The van der Waals surface area contributed by atoms with E-state index in [1.807, 2.05) is 25.1 Å². The lowest BCUT2D eigenvalue weighted by atomic mass is 10.2. The van der Waals surface area contributed by atoms with Crippen LogP contribution in [0.25, 0.3) is 0 Å². The number of nitrogens with one attached hydrogen (secondary N) is 1. The van der Waals surface area contributed by atoms with Crippen LogP contribution in [0.4, 0.5) is 0 Å². The largest absolute Gasteiger partial charge is 0.465 e. The van der Waals surface area contributed by atoms with E-state index in [1.165, 1.54) is 17.3 Å². The summed E-state index contributed by atoms with van der Waals surface area (Å²) in [6.07, 6.45) is 0.966. The number of rotatable bonds is 8. The molecule has 1 fully saturated rings. The van der Waals surface area contributed by atoms with Crippen LogP contribution in [-0.2, 0) is 20.9 Å². The summed E-state index contributed by atoms with van der Waals surface area (Å²) in [6.45, 7) is 6.76. The Morgan fingerprint density at radius 2 is 2.12 bits per heavy atom. The summed E-state index contributed by atoms with van der Waals surface area (Å²) in [5.74, 6) is -0.0550. The van der Waals surface area contributed by atoms with Gasteiger partial charge in [0.2, 0.25) is 5.91 Å². The number of thioether (sulfide) groups is 1. The van der Waals surface area contributed by atoms with Crippen LogP contribution < -0.4 is 5.32 Å². The molecule has 0 radical (unpaired) electrons. The average Bonchev–Trinajstić information content (AvgIpc) is 3.00. The maximum atomic E-state index is 12.2. The van der Waals surface area contributed by atoms with Crippen molar-refractivity contribution in [3.8, 4) is 0 Å². The summed E-state index contributed by atoms with van der Waals surface area (Å²) >= 11 is 1.32. The van der Waals surface area contributed by atoms with E-state index >= 15 is 0 Å². The van der Waals surface area contributed by atoms with Crippen molar-refractivity contribution in [1.29, 1.82) is 0 Å². The fraction of sp³-hybridized carbons (Fsp3) is 0.556. The van der Waals surface area contributed by atoms with Crippen molar-refractivity contribution in [2.45, 2.75) is 38.1 Å². The number of carbonyl (C=O) groups is 2. The molecule has 6 heteroatoms. The van der Waals surface area contributed by atoms with Crippen LogP contribution in [-0.4, -0.2) is 53.5 Å². The Kier molecular flexibility index (Phi) is 7.59. The van der Waals surface area contributed by atoms with E-state index in [2.05, 4.69) is 22.3 Å². The van der Waals surface area contributed by atoms with E-state index in [-0.39, 0.29) is 28.9 Å². The van der Waals surface area contributed by atoms with Gasteiger partial charge in [-0.2, -0.15) is 0 Å². The molecule has 1 aromatic rings. The van der Waals surface area contributed by atoms with Crippen molar-refractivity contribution in [3.05, 3.63) is 35.9 Å². The Labute approximate surface area is 148 Å². The first-order chi connectivity index (χ1) is 11.6. The van der Waals surface area contributed by atoms with E-state index < -0.39 is 0 Å². The van der Waals surface area contributed by atoms with Crippen LogP contribution in [0.1, 0.15) is 25.8 Å². The highest BCUT2D eigenvalue weighted by Crippen LogP contribution is 2.15. The van der Waals surface area contributed by atoms with Gasteiger partial charge in [-0.3, -0.25) is 14.5 Å². The molecule has 5 nitrogen and oxygen atoms in total. The summed E-state index contributed by atoms with van der Waals surface area (Å²) in [4.78, 5) is 25.9. The minimum absolute atomic E-state index is 0.00383. The highest BCUT2D eigenvalue weighted by molar-refractivity contribution is 8.01. The second-order valence-corrected chi connectivity index (χ2v) is 7.30. The molecule has 24 heavy (non-hydrogen) atoms. The van der Waals surface area contributed by atoms with Crippen LogP contribution in [0.5, 0.6) is 0 Å².